The van der Waals surface area contributed by atoms with Crippen LogP contribution >= 0.6 is 0 Å². The molecule has 0 aromatic rings. The molecule has 3 heteroatoms. The lowest BCUT2D eigenvalue weighted by atomic mass is 9.78. The molecular formula is C15H31NO2. The summed E-state index contributed by atoms with van der Waals surface area (Å²) in [6.45, 7) is 14.6. The van der Waals surface area contributed by atoms with E-state index in [0.29, 0.717) is 6.10 Å². The Hall–Kier alpha value is -0.120. The molecule has 18 heavy (non-hydrogen) atoms. The second-order valence-electron chi connectivity index (χ2n) is 6.59. The van der Waals surface area contributed by atoms with Gasteiger partial charge in [-0.15, -0.1) is 0 Å². The molecule has 3 nitrogen and oxygen atoms in total. The summed E-state index contributed by atoms with van der Waals surface area (Å²) in [7, 11) is 0. The van der Waals surface area contributed by atoms with Crippen LogP contribution in [0.3, 0.4) is 0 Å². The zero-order valence-electron chi connectivity index (χ0n) is 12.8. The first-order valence-corrected chi connectivity index (χ1v) is 7.34. The maximum absolute atomic E-state index is 5.80. The molecule has 0 aromatic carbocycles. The van der Waals surface area contributed by atoms with E-state index in [0.717, 1.165) is 45.6 Å². The molecule has 108 valence electrons. The van der Waals surface area contributed by atoms with Crippen molar-refractivity contribution in [1.29, 1.82) is 0 Å². The predicted octanol–water partition coefficient (Wildman–Crippen LogP) is 2.99. The molecule has 1 N–H and O–H groups in total. The summed E-state index contributed by atoms with van der Waals surface area (Å²) < 4.78 is 11.5. The van der Waals surface area contributed by atoms with Crippen LogP contribution in [0.4, 0.5) is 0 Å². The van der Waals surface area contributed by atoms with Crippen LogP contribution in [0, 0.1) is 5.41 Å². The Labute approximate surface area is 113 Å². The highest BCUT2D eigenvalue weighted by atomic mass is 16.5. The molecule has 1 saturated heterocycles. The fraction of sp³-hybridized carbons (Fsp3) is 1.00. The Bertz CT molecular complexity index is 237. The lowest BCUT2D eigenvalue weighted by molar-refractivity contribution is 0.0302. The van der Waals surface area contributed by atoms with Crippen molar-refractivity contribution < 1.29 is 9.47 Å². The zero-order chi connectivity index (χ0) is 13.6. The molecule has 0 aliphatic carbocycles. The molecule has 1 fully saturated rings. The monoisotopic (exact) mass is 257 g/mol. The van der Waals surface area contributed by atoms with Crippen molar-refractivity contribution >= 4 is 0 Å². The topological polar surface area (TPSA) is 30.5 Å². The quantitative estimate of drug-likeness (QED) is 0.711. The lowest BCUT2D eigenvalue weighted by Crippen LogP contribution is -2.47. The zero-order valence-corrected chi connectivity index (χ0v) is 12.8. The van der Waals surface area contributed by atoms with Gasteiger partial charge in [0.25, 0.3) is 0 Å². The molecule has 2 atom stereocenters. The highest BCUT2D eigenvalue weighted by molar-refractivity contribution is 4.93. The van der Waals surface area contributed by atoms with Gasteiger partial charge in [-0.25, -0.2) is 0 Å². The standard InChI is InChI=1S/C15H31NO2/c1-6-9-17-10-7-15(8-11-18-13(15)2)12-16-14(3,4)5/h13,16H,6-12H2,1-5H3. The van der Waals surface area contributed by atoms with Crippen molar-refractivity contribution in [1.82, 2.24) is 5.32 Å². The van der Waals surface area contributed by atoms with Gasteiger partial charge in [-0.2, -0.15) is 0 Å². The first kappa shape index (κ1) is 15.9. The Balaban J connectivity index is 2.48. The number of ether oxygens (including phenoxy) is 2. The Morgan fingerprint density at radius 1 is 1.33 bits per heavy atom. The first-order valence-electron chi connectivity index (χ1n) is 7.34. The molecule has 0 saturated carbocycles. The molecule has 0 spiro atoms. The summed E-state index contributed by atoms with van der Waals surface area (Å²) in [5.41, 5.74) is 0.417. The molecule has 0 aromatic heterocycles. The maximum atomic E-state index is 5.80. The van der Waals surface area contributed by atoms with E-state index in [2.05, 4.69) is 39.9 Å². The molecule has 1 rings (SSSR count). The summed E-state index contributed by atoms with van der Waals surface area (Å²) in [5.74, 6) is 0. The van der Waals surface area contributed by atoms with Gasteiger partial charge in [-0.05, 0) is 47.0 Å². The Morgan fingerprint density at radius 2 is 2.06 bits per heavy atom. The van der Waals surface area contributed by atoms with E-state index in [1.54, 1.807) is 0 Å². The molecular weight excluding hydrogens is 226 g/mol. The lowest BCUT2D eigenvalue weighted by Gasteiger charge is -2.35. The van der Waals surface area contributed by atoms with Crippen molar-refractivity contribution in [3.63, 3.8) is 0 Å². The highest BCUT2D eigenvalue weighted by Gasteiger charge is 2.41. The van der Waals surface area contributed by atoms with Gasteiger partial charge in [0.1, 0.15) is 0 Å². The minimum Gasteiger partial charge on any atom is -0.381 e. The molecule has 1 aliphatic rings. The second kappa shape index (κ2) is 6.88. The van der Waals surface area contributed by atoms with Gasteiger partial charge in [0.05, 0.1) is 6.10 Å². The van der Waals surface area contributed by atoms with Crippen molar-refractivity contribution in [2.45, 2.75) is 65.5 Å². The summed E-state index contributed by atoms with van der Waals surface area (Å²) in [5, 5.41) is 3.64. The fourth-order valence-electron chi connectivity index (χ4n) is 2.43. The summed E-state index contributed by atoms with van der Waals surface area (Å²) in [6.07, 6.45) is 3.67. The number of nitrogens with one attached hydrogen (secondary N) is 1. The molecule has 0 radical (unpaired) electrons. The minimum absolute atomic E-state index is 0.166. The van der Waals surface area contributed by atoms with Crippen molar-refractivity contribution in [3.05, 3.63) is 0 Å². The predicted molar refractivity (Wildman–Crippen MR) is 75.9 cm³/mol. The summed E-state index contributed by atoms with van der Waals surface area (Å²) >= 11 is 0. The number of hydrogen-bond donors (Lipinski definition) is 1. The van der Waals surface area contributed by atoms with Crippen LogP contribution in [-0.4, -0.2) is 38.0 Å². The Kier molecular flexibility index (Phi) is 6.09. The van der Waals surface area contributed by atoms with E-state index in [9.17, 15) is 0 Å². The van der Waals surface area contributed by atoms with Crippen molar-refractivity contribution in [3.8, 4) is 0 Å². The van der Waals surface area contributed by atoms with E-state index >= 15 is 0 Å². The van der Waals surface area contributed by atoms with Gasteiger partial charge in [0.15, 0.2) is 0 Å². The summed E-state index contributed by atoms with van der Waals surface area (Å²) in [6, 6.07) is 0. The van der Waals surface area contributed by atoms with Crippen molar-refractivity contribution in [2.75, 3.05) is 26.4 Å². The minimum atomic E-state index is 0.166. The van der Waals surface area contributed by atoms with Crippen LogP contribution < -0.4 is 5.32 Å². The molecule has 2 unspecified atom stereocenters. The average Bonchev–Trinajstić information content (AvgIpc) is 2.64. The van der Waals surface area contributed by atoms with E-state index in [-0.39, 0.29) is 11.0 Å². The largest absolute Gasteiger partial charge is 0.381 e. The van der Waals surface area contributed by atoms with Crippen LogP contribution in [0.1, 0.15) is 53.9 Å². The van der Waals surface area contributed by atoms with Crippen LogP contribution in [0.15, 0.2) is 0 Å². The van der Waals surface area contributed by atoms with E-state index < -0.39 is 0 Å². The van der Waals surface area contributed by atoms with Crippen LogP contribution in [0.5, 0.6) is 0 Å². The smallest absolute Gasteiger partial charge is 0.0617 e. The molecule has 1 aliphatic heterocycles. The third-order valence-corrected chi connectivity index (χ3v) is 3.89. The number of rotatable bonds is 7. The normalized spacial score (nSPS) is 28.8. The van der Waals surface area contributed by atoms with Gasteiger partial charge in [-0.1, -0.05) is 6.92 Å². The highest BCUT2D eigenvalue weighted by Crippen LogP contribution is 2.38. The molecule has 0 amide bonds. The fourth-order valence-corrected chi connectivity index (χ4v) is 2.43. The van der Waals surface area contributed by atoms with E-state index in [1.165, 1.54) is 0 Å². The van der Waals surface area contributed by atoms with E-state index in [1.807, 2.05) is 0 Å². The van der Waals surface area contributed by atoms with Gasteiger partial charge in [0, 0.05) is 37.3 Å². The number of hydrogen-bond acceptors (Lipinski definition) is 3. The maximum Gasteiger partial charge on any atom is 0.0617 e. The third-order valence-electron chi connectivity index (χ3n) is 3.89. The SMILES string of the molecule is CCCOCCC1(CNC(C)(C)C)CCOC1C. The van der Waals surface area contributed by atoms with Gasteiger partial charge in [-0.3, -0.25) is 0 Å². The third kappa shape index (κ3) is 4.87. The van der Waals surface area contributed by atoms with Crippen LogP contribution in [0.25, 0.3) is 0 Å². The van der Waals surface area contributed by atoms with E-state index in [4.69, 9.17) is 9.47 Å². The van der Waals surface area contributed by atoms with Crippen molar-refractivity contribution in [2.24, 2.45) is 5.41 Å². The first-order chi connectivity index (χ1) is 8.40. The summed E-state index contributed by atoms with van der Waals surface area (Å²) in [4.78, 5) is 0. The van der Waals surface area contributed by atoms with Crippen LogP contribution in [-0.2, 0) is 9.47 Å². The van der Waals surface area contributed by atoms with Crippen LogP contribution in [0.2, 0.25) is 0 Å². The van der Waals surface area contributed by atoms with Gasteiger partial charge >= 0.3 is 0 Å². The van der Waals surface area contributed by atoms with Gasteiger partial charge < -0.3 is 14.8 Å². The second-order valence-corrected chi connectivity index (χ2v) is 6.59. The average molecular weight is 257 g/mol. The van der Waals surface area contributed by atoms with Gasteiger partial charge in [0.2, 0.25) is 0 Å². The molecule has 1 heterocycles. The molecule has 0 bridgehead atoms. The Morgan fingerprint density at radius 3 is 2.56 bits per heavy atom.